The van der Waals surface area contributed by atoms with Gasteiger partial charge in [0.15, 0.2) is 0 Å². The lowest BCUT2D eigenvalue weighted by Crippen LogP contribution is -2.22. The Labute approximate surface area is 197 Å². The smallest absolute Gasteiger partial charge is 0.313 e. The number of aryl methyl sites for hydroxylation is 1. The van der Waals surface area contributed by atoms with E-state index in [9.17, 15) is 14.9 Å². The zero-order valence-corrected chi connectivity index (χ0v) is 19.6. The molecule has 0 atom stereocenters. The highest BCUT2D eigenvalue weighted by atomic mass is 79.9. The highest BCUT2D eigenvalue weighted by Crippen LogP contribution is 2.33. The molecule has 0 radical (unpaired) electrons. The SMILES string of the molecule is C=CCOc1c(C=Nn2c(CCCC)nc3ccc(Br)cc3c2=O)cc(Cl)cc1[N+](=O)[O-]. The van der Waals surface area contributed by atoms with Gasteiger partial charge in [0.2, 0.25) is 5.75 Å². The molecule has 0 unspecified atom stereocenters. The summed E-state index contributed by atoms with van der Waals surface area (Å²) in [5, 5.41) is 16.4. The lowest BCUT2D eigenvalue weighted by Gasteiger charge is -2.11. The minimum atomic E-state index is -0.588. The highest BCUT2D eigenvalue weighted by Gasteiger charge is 2.20. The molecule has 0 aliphatic rings. The van der Waals surface area contributed by atoms with Crippen LogP contribution in [0, 0.1) is 10.1 Å². The summed E-state index contributed by atoms with van der Waals surface area (Å²) >= 11 is 9.45. The molecule has 0 aliphatic carbocycles. The molecule has 0 N–H and O–H groups in total. The quantitative estimate of drug-likeness (QED) is 0.161. The van der Waals surface area contributed by atoms with Gasteiger partial charge in [0.1, 0.15) is 12.4 Å². The molecule has 0 bridgehead atoms. The van der Waals surface area contributed by atoms with Crippen molar-refractivity contribution in [2.45, 2.75) is 26.2 Å². The van der Waals surface area contributed by atoms with Gasteiger partial charge in [-0.1, -0.05) is 53.5 Å². The lowest BCUT2D eigenvalue weighted by atomic mass is 10.2. The third-order valence-corrected chi connectivity index (χ3v) is 5.26. The van der Waals surface area contributed by atoms with Crippen molar-refractivity contribution >= 4 is 50.3 Å². The van der Waals surface area contributed by atoms with Gasteiger partial charge in [-0.25, -0.2) is 4.98 Å². The minimum Gasteiger partial charge on any atom is -0.482 e. The van der Waals surface area contributed by atoms with E-state index in [0.717, 1.165) is 17.3 Å². The topological polar surface area (TPSA) is 99.6 Å². The van der Waals surface area contributed by atoms with Gasteiger partial charge in [0.05, 0.1) is 22.0 Å². The summed E-state index contributed by atoms with van der Waals surface area (Å²) in [6.45, 7) is 5.66. The van der Waals surface area contributed by atoms with Gasteiger partial charge in [0.25, 0.3) is 5.56 Å². The number of fused-ring (bicyclic) bond motifs is 1. The molecule has 1 aromatic heterocycles. The summed E-state index contributed by atoms with van der Waals surface area (Å²) < 4.78 is 7.47. The molecule has 1 heterocycles. The van der Waals surface area contributed by atoms with E-state index in [1.807, 2.05) is 13.0 Å². The second-order valence-corrected chi connectivity index (χ2v) is 8.21. The van der Waals surface area contributed by atoms with Crippen LogP contribution in [0.2, 0.25) is 5.02 Å². The number of nitro benzene ring substituents is 1. The largest absolute Gasteiger partial charge is 0.482 e. The van der Waals surface area contributed by atoms with E-state index in [1.165, 1.54) is 29.1 Å². The van der Waals surface area contributed by atoms with Crippen molar-refractivity contribution in [2.75, 3.05) is 6.61 Å². The normalized spacial score (nSPS) is 11.2. The molecule has 0 fully saturated rings. The van der Waals surface area contributed by atoms with Gasteiger partial charge in [-0.05, 0) is 30.7 Å². The molecular weight excluding hydrogens is 500 g/mol. The van der Waals surface area contributed by atoms with Crippen molar-refractivity contribution < 1.29 is 9.66 Å². The first-order valence-electron chi connectivity index (χ1n) is 9.82. The van der Waals surface area contributed by atoms with Gasteiger partial charge in [-0.3, -0.25) is 14.9 Å². The van der Waals surface area contributed by atoms with Gasteiger partial charge in [-0.2, -0.15) is 9.78 Å². The van der Waals surface area contributed by atoms with Crippen molar-refractivity contribution in [3.63, 3.8) is 0 Å². The maximum Gasteiger partial charge on any atom is 0.313 e. The average Bonchev–Trinajstić information content (AvgIpc) is 2.76. The molecule has 10 heteroatoms. The molecule has 3 aromatic rings. The van der Waals surface area contributed by atoms with Gasteiger partial charge < -0.3 is 4.74 Å². The van der Waals surface area contributed by atoms with Crippen LogP contribution in [0.25, 0.3) is 10.9 Å². The summed E-state index contributed by atoms with van der Waals surface area (Å²) in [6.07, 6.45) is 5.07. The predicted molar refractivity (Wildman–Crippen MR) is 129 cm³/mol. The Bertz CT molecular complexity index is 1270. The number of ether oxygens (including phenoxy) is 1. The first-order valence-corrected chi connectivity index (χ1v) is 11.0. The summed E-state index contributed by atoms with van der Waals surface area (Å²) in [6, 6.07) is 7.96. The van der Waals surface area contributed by atoms with Gasteiger partial charge in [-0.15, -0.1) is 0 Å². The van der Waals surface area contributed by atoms with Crippen LogP contribution in [-0.4, -0.2) is 27.4 Å². The van der Waals surface area contributed by atoms with Crippen molar-refractivity contribution in [2.24, 2.45) is 5.10 Å². The first-order chi connectivity index (χ1) is 15.3. The number of nitro groups is 1. The average molecular weight is 520 g/mol. The Kier molecular flexibility index (Phi) is 7.76. The van der Waals surface area contributed by atoms with Crippen LogP contribution < -0.4 is 10.3 Å². The fraction of sp³-hybridized carbons (Fsp3) is 0.227. The summed E-state index contributed by atoms with van der Waals surface area (Å²) in [5.74, 6) is 0.482. The Morgan fingerprint density at radius 2 is 2.16 bits per heavy atom. The molecule has 0 spiro atoms. The minimum absolute atomic E-state index is 0.0114. The van der Waals surface area contributed by atoms with Crippen molar-refractivity contribution in [3.05, 3.63) is 84.3 Å². The van der Waals surface area contributed by atoms with Gasteiger partial charge in [0, 0.05) is 27.5 Å². The second-order valence-electron chi connectivity index (χ2n) is 6.85. The zero-order valence-electron chi connectivity index (χ0n) is 17.3. The third-order valence-electron chi connectivity index (χ3n) is 4.55. The molecule has 166 valence electrons. The number of aromatic nitrogens is 2. The molecule has 8 nitrogen and oxygen atoms in total. The van der Waals surface area contributed by atoms with Crippen molar-refractivity contribution in [1.82, 2.24) is 9.66 Å². The molecule has 0 saturated carbocycles. The number of hydrogen-bond donors (Lipinski definition) is 0. The Balaban J connectivity index is 2.19. The van der Waals surface area contributed by atoms with E-state index < -0.39 is 4.92 Å². The van der Waals surface area contributed by atoms with Crippen molar-refractivity contribution in [1.29, 1.82) is 0 Å². The molecule has 2 aromatic carbocycles. The zero-order chi connectivity index (χ0) is 23.3. The highest BCUT2D eigenvalue weighted by molar-refractivity contribution is 9.10. The van der Waals surface area contributed by atoms with E-state index in [-0.39, 0.29) is 34.2 Å². The fourth-order valence-corrected chi connectivity index (χ4v) is 3.64. The molecule has 0 aliphatic heterocycles. The van der Waals surface area contributed by atoms with Crippen LogP contribution in [0.3, 0.4) is 0 Å². The summed E-state index contributed by atoms with van der Waals surface area (Å²) in [4.78, 5) is 28.7. The Hall–Kier alpha value is -3.04. The Morgan fingerprint density at radius 1 is 1.38 bits per heavy atom. The van der Waals surface area contributed by atoms with Crippen LogP contribution in [0.1, 0.15) is 31.2 Å². The van der Waals surface area contributed by atoms with E-state index in [4.69, 9.17) is 16.3 Å². The number of hydrogen-bond acceptors (Lipinski definition) is 6. The Morgan fingerprint density at radius 3 is 2.84 bits per heavy atom. The summed E-state index contributed by atoms with van der Waals surface area (Å²) in [7, 11) is 0. The first kappa shape index (κ1) is 23.6. The van der Waals surface area contributed by atoms with E-state index in [1.54, 1.807) is 12.1 Å². The van der Waals surface area contributed by atoms with E-state index in [2.05, 4.69) is 32.6 Å². The number of unbranched alkanes of at least 4 members (excludes halogenated alkanes) is 1. The second kappa shape index (κ2) is 10.5. The van der Waals surface area contributed by atoms with Crippen LogP contribution in [0.4, 0.5) is 5.69 Å². The number of rotatable bonds is 9. The third kappa shape index (κ3) is 5.23. The fourth-order valence-electron chi connectivity index (χ4n) is 3.06. The number of benzene rings is 2. The summed E-state index contributed by atoms with van der Waals surface area (Å²) in [5.41, 5.74) is 0.182. The monoisotopic (exact) mass is 518 g/mol. The standard InChI is InChI=1S/C22H20BrClN4O4/c1-3-5-6-20-26-18-8-7-15(23)11-17(18)22(29)27(20)25-13-14-10-16(24)12-19(28(30)31)21(14)32-9-4-2/h4,7-8,10-13H,2-3,5-6,9H2,1H3. The molecule has 0 amide bonds. The van der Waals surface area contributed by atoms with Crippen LogP contribution in [0.15, 0.2) is 57.4 Å². The maximum absolute atomic E-state index is 13.2. The molecule has 0 saturated heterocycles. The van der Waals surface area contributed by atoms with E-state index in [0.29, 0.717) is 23.1 Å². The van der Waals surface area contributed by atoms with Crippen LogP contribution in [0.5, 0.6) is 5.75 Å². The molecule has 32 heavy (non-hydrogen) atoms. The predicted octanol–water partition coefficient (Wildman–Crippen LogP) is 5.51. The number of halogens is 2. The van der Waals surface area contributed by atoms with Crippen LogP contribution in [-0.2, 0) is 6.42 Å². The van der Waals surface area contributed by atoms with Crippen LogP contribution >= 0.6 is 27.5 Å². The molecular formula is C22H20BrClN4O4. The lowest BCUT2D eigenvalue weighted by molar-refractivity contribution is -0.385. The van der Waals surface area contributed by atoms with E-state index >= 15 is 0 Å². The van der Waals surface area contributed by atoms with Crippen molar-refractivity contribution in [3.8, 4) is 5.75 Å². The maximum atomic E-state index is 13.2. The van der Waals surface area contributed by atoms with Gasteiger partial charge >= 0.3 is 5.69 Å². The molecule has 3 rings (SSSR count). The number of nitrogens with zero attached hydrogens (tertiary/aromatic N) is 4.